The number of aromatic nitrogens is 2. The Morgan fingerprint density at radius 3 is 2.84 bits per heavy atom. The number of rotatable bonds is 6. The Kier molecular flexibility index (Phi) is 5.04. The molecule has 11 heteroatoms. The van der Waals surface area contributed by atoms with Gasteiger partial charge < -0.3 is 10.1 Å². The van der Waals surface area contributed by atoms with E-state index in [0.717, 1.165) is 0 Å². The molecule has 0 amide bonds. The molecular formula is C8H15N5O5S. The van der Waals surface area contributed by atoms with Gasteiger partial charge in [0.05, 0.1) is 13.2 Å². The van der Waals surface area contributed by atoms with E-state index >= 15 is 0 Å². The zero-order valence-corrected chi connectivity index (χ0v) is 10.9. The Morgan fingerprint density at radius 1 is 1.53 bits per heavy atom. The van der Waals surface area contributed by atoms with Gasteiger partial charge in [-0.3, -0.25) is 14.0 Å². The van der Waals surface area contributed by atoms with Crippen LogP contribution in [0.1, 0.15) is 0 Å². The van der Waals surface area contributed by atoms with Crippen molar-refractivity contribution in [2.24, 2.45) is 0 Å². The summed E-state index contributed by atoms with van der Waals surface area (Å²) in [6.07, 6.45) is 0. The molecule has 1 atom stereocenters. The maximum atomic E-state index is 11.3. The average Bonchev–Trinajstić information content (AvgIpc) is 2.81. The molecule has 3 N–H and O–H groups in total. The van der Waals surface area contributed by atoms with Crippen LogP contribution in [-0.2, 0) is 16.0 Å². The third kappa shape index (κ3) is 3.84. The van der Waals surface area contributed by atoms with Crippen molar-refractivity contribution in [3.05, 3.63) is 10.4 Å². The van der Waals surface area contributed by atoms with E-state index in [9.17, 15) is 13.6 Å². The van der Waals surface area contributed by atoms with Crippen LogP contribution in [0, 0.1) is 0 Å². The summed E-state index contributed by atoms with van der Waals surface area (Å²) in [7, 11) is 0. The highest BCUT2D eigenvalue weighted by atomic mass is 32.2. The highest BCUT2D eigenvalue weighted by Gasteiger charge is 2.22. The Labute approximate surface area is 111 Å². The predicted molar refractivity (Wildman–Crippen MR) is 65.5 cm³/mol. The van der Waals surface area contributed by atoms with E-state index in [2.05, 4.69) is 15.1 Å². The lowest BCUT2D eigenvalue weighted by Crippen LogP contribution is -2.50. The fourth-order valence-corrected chi connectivity index (χ4v) is 2.29. The second-order valence-corrected chi connectivity index (χ2v) is 4.64. The SMILES string of the molecule is O=c1[nH]onc1NCCN(N1CCOCC1)S(=O)O. The van der Waals surface area contributed by atoms with Crippen LogP contribution in [0.25, 0.3) is 0 Å². The van der Waals surface area contributed by atoms with Crippen molar-refractivity contribution >= 4 is 17.1 Å². The number of hydrogen-bond donors (Lipinski definition) is 3. The fourth-order valence-electron chi connectivity index (χ4n) is 1.68. The topological polar surface area (TPSA) is 124 Å². The van der Waals surface area contributed by atoms with Crippen molar-refractivity contribution in [1.29, 1.82) is 0 Å². The van der Waals surface area contributed by atoms with Crippen LogP contribution >= 0.6 is 0 Å². The van der Waals surface area contributed by atoms with E-state index < -0.39 is 16.8 Å². The van der Waals surface area contributed by atoms with Crippen molar-refractivity contribution in [3.8, 4) is 0 Å². The Balaban J connectivity index is 1.85. The van der Waals surface area contributed by atoms with E-state index in [4.69, 9.17) is 4.74 Å². The lowest BCUT2D eigenvalue weighted by molar-refractivity contribution is -0.0408. The van der Waals surface area contributed by atoms with E-state index in [1.54, 1.807) is 5.01 Å². The second kappa shape index (κ2) is 6.77. The van der Waals surface area contributed by atoms with Gasteiger partial charge in [0.1, 0.15) is 0 Å². The van der Waals surface area contributed by atoms with Gasteiger partial charge in [0, 0.05) is 26.2 Å². The highest BCUT2D eigenvalue weighted by Crippen LogP contribution is 2.05. The van der Waals surface area contributed by atoms with Gasteiger partial charge in [0.15, 0.2) is 0 Å². The summed E-state index contributed by atoms with van der Waals surface area (Å²) >= 11 is -2.12. The normalized spacial score (nSPS) is 18.6. The van der Waals surface area contributed by atoms with Gasteiger partial charge in [-0.25, -0.2) is 9.22 Å². The first-order valence-electron chi connectivity index (χ1n) is 5.68. The lowest BCUT2D eigenvalue weighted by atomic mass is 10.5. The van der Waals surface area contributed by atoms with Crippen molar-refractivity contribution in [3.63, 3.8) is 0 Å². The third-order valence-corrected chi connectivity index (χ3v) is 3.34. The predicted octanol–water partition coefficient (Wildman–Crippen LogP) is -1.54. The number of nitrogens with one attached hydrogen (secondary N) is 2. The average molecular weight is 293 g/mol. The molecule has 0 aromatic carbocycles. The van der Waals surface area contributed by atoms with Crippen LogP contribution in [0.4, 0.5) is 5.82 Å². The largest absolute Gasteiger partial charge is 0.379 e. The number of aromatic amines is 1. The molecular weight excluding hydrogens is 278 g/mol. The minimum atomic E-state index is -2.12. The molecule has 1 aliphatic rings. The summed E-state index contributed by atoms with van der Waals surface area (Å²) in [5, 5.41) is 9.93. The highest BCUT2D eigenvalue weighted by molar-refractivity contribution is 7.76. The van der Waals surface area contributed by atoms with Gasteiger partial charge >= 0.3 is 5.56 Å². The summed E-state index contributed by atoms with van der Waals surface area (Å²) in [6, 6.07) is 0. The van der Waals surface area contributed by atoms with Gasteiger partial charge in [-0.1, -0.05) is 0 Å². The van der Waals surface area contributed by atoms with Crippen LogP contribution in [0.5, 0.6) is 0 Å². The molecule has 2 heterocycles. The standard InChI is InChI=1S/C8H15N5O5S/c14-8-7(10-18-11-8)9-1-2-13(19(15)16)12-3-5-17-6-4-12/h1-6H2,(H,9,10)(H,11,14)(H,15,16). The molecule has 0 radical (unpaired) electrons. The van der Waals surface area contributed by atoms with Crippen LogP contribution in [0.15, 0.2) is 9.42 Å². The van der Waals surface area contributed by atoms with Gasteiger partial charge in [-0.05, 0) is 5.16 Å². The summed E-state index contributed by atoms with van der Waals surface area (Å²) in [5.41, 5.74) is -0.469. The maximum Gasteiger partial charge on any atom is 0.324 e. The molecule has 19 heavy (non-hydrogen) atoms. The number of nitrogens with zero attached hydrogens (tertiary/aromatic N) is 3. The third-order valence-electron chi connectivity index (χ3n) is 2.57. The van der Waals surface area contributed by atoms with Crippen molar-refractivity contribution in [2.45, 2.75) is 0 Å². The summed E-state index contributed by atoms with van der Waals surface area (Å²) in [6.45, 7) is 2.66. The molecule has 2 rings (SSSR count). The monoisotopic (exact) mass is 293 g/mol. The molecule has 0 spiro atoms. The molecule has 108 valence electrons. The number of anilines is 1. The van der Waals surface area contributed by atoms with Crippen molar-refractivity contribution in [2.75, 3.05) is 44.7 Å². The smallest absolute Gasteiger partial charge is 0.324 e. The van der Waals surface area contributed by atoms with Crippen LogP contribution in [-0.4, -0.2) is 67.9 Å². The first kappa shape index (κ1) is 14.1. The van der Waals surface area contributed by atoms with E-state index in [0.29, 0.717) is 26.3 Å². The summed E-state index contributed by atoms with van der Waals surface area (Å²) < 4.78 is 31.4. The number of hydrogen-bond acceptors (Lipinski definition) is 7. The zero-order chi connectivity index (χ0) is 13.7. The minimum Gasteiger partial charge on any atom is -0.379 e. The second-order valence-electron chi connectivity index (χ2n) is 3.76. The van der Waals surface area contributed by atoms with Gasteiger partial charge in [0.2, 0.25) is 17.1 Å². The molecule has 0 aliphatic carbocycles. The maximum absolute atomic E-state index is 11.3. The molecule has 1 saturated heterocycles. The summed E-state index contributed by atoms with van der Waals surface area (Å²) in [5.74, 6) is 0.0469. The van der Waals surface area contributed by atoms with Crippen LogP contribution < -0.4 is 10.9 Å². The molecule has 0 saturated carbocycles. The number of morpholine rings is 1. The number of H-pyrrole nitrogens is 1. The first-order chi connectivity index (χ1) is 9.18. The molecule has 1 aromatic rings. The fraction of sp³-hybridized carbons (Fsp3) is 0.750. The zero-order valence-electron chi connectivity index (χ0n) is 10.1. The van der Waals surface area contributed by atoms with Gasteiger partial charge in [0.25, 0.3) is 0 Å². The first-order valence-corrected chi connectivity index (χ1v) is 6.74. The molecule has 1 aliphatic heterocycles. The van der Waals surface area contributed by atoms with E-state index in [1.807, 2.05) is 5.16 Å². The number of hydrazine groups is 1. The quantitative estimate of drug-likeness (QED) is 0.539. The minimum absolute atomic E-state index is 0.0469. The lowest BCUT2D eigenvalue weighted by Gasteiger charge is -2.34. The number of ether oxygens (including phenoxy) is 1. The molecule has 1 aromatic heterocycles. The Bertz CT molecular complexity index is 470. The van der Waals surface area contributed by atoms with Crippen molar-refractivity contribution in [1.82, 2.24) is 19.7 Å². The van der Waals surface area contributed by atoms with Crippen molar-refractivity contribution < 1.29 is 18.1 Å². The van der Waals surface area contributed by atoms with Gasteiger partial charge in [-0.15, -0.1) is 4.41 Å². The van der Waals surface area contributed by atoms with E-state index in [-0.39, 0.29) is 18.9 Å². The molecule has 0 bridgehead atoms. The van der Waals surface area contributed by atoms with E-state index in [1.165, 1.54) is 4.41 Å². The molecule has 1 fully saturated rings. The molecule has 1 unspecified atom stereocenters. The summed E-state index contributed by atoms with van der Waals surface area (Å²) in [4.78, 5) is 11.1. The van der Waals surface area contributed by atoms with Crippen LogP contribution in [0.2, 0.25) is 0 Å². The Morgan fingerprint density at radius 2 is 2.26 bits per heavy atom. The Hall–Kier alpha value is -1.27. The van der Waals surface area contributed by atoms with Crippen LogP contribution in [0.3, 0.4) is 0 Å². The van der Waals surface area contributed by atoms with Gasteiger partial charge in [-0.2, -0.15) is 5.16 Å². The molecule has 10 nitrogen and oxygen atoms in total.